The zero-order valence-corrected chi connectivity index (χ0v) is 17.9. The first-order valence-corrected chi connectivity index (χ1v) is 10.3. The minimum atomic E-state index is 0.0408. The lowest BCUT2D eigenvalue weighted by Crippen LogP contribution is -2.49. The summed E-state index contributed by atoms with van der Waals surface area (Å²) >= 11 is 0. The van der Waals surface area contributed by atoms with Crippen LogP contribution in [0.4, 0.5) is 5.69 Å². The number of ether oxygens (including phenoxy) is 1. The summed E-state index contributed by atoms with van der Waals surface area (Å²) in [6.07, 6.45) is 1.91. The van der Waals surface area contributed by atoms with Gasteiger partial charge in [0, 0.05) is 37.4 Å². The average molecular weight is 409 g/mol. The van der Waals surface area contributed by atoms with E-state index in [9.17, 15) is 4.79 Å². The summed E-state index contributed by atoms with van der Waals surface area (Å²) in [6, 6.07) is 6.14. The van der Waals surface area contributed by atoms with Gasteiger partial charge in [0.05, 0.1) is 29.1 Å². The van der Waals surface area contributed by atoms with Gasteiger partial charge in [0.2, 0.25) is 11.8 Å². The van der Waals surface area contributed by atoms with Crippen molar-refractivity contribution in [2.45, 2.75) is 40.2 Å². The minimum absolute atomic E-state index is 0.0408. The van der Waals surface area contributed by atoms with Gasteiger partial charge in [-0.05, 0) is 45.9 Å². The lowest BCUT2D eigenvalue weighted by Gasteiger charge is -2.36. The molecule has 0 spiro atoms. The molecule has 30 heavy (non-hydrogen) atoms. The highest BCUT2D eigenvalue weighted by Gasteiger charge is 2.24. The van der Waals surface area contributed by atoms with E-state index in [0.29, 0.717) is 25.4 Å². The summed E-state index contributed by atoms with van der Waals surface area (Å²) in [7, 11) is 0. The molecule has 1 aromatic carbocycles. The van der Waals surface area contributed by atoms with E-state index in [1.165, 1.54) is 6.33 Å². The van der Waals surface area contributed by atoms with Crippen LogP contribution >= 0.6 is 0 Å². The number of aryl methyl sites for hydroxylation is 2. The van der Waals surface area contributed by atoms with Crippen LogP contribution in [0.25, 0.3) is 10.9 Å². The van der Waals surface area contributed by atoms with Crippen molar-refractivity contribution in [1.29, 1.82) is 0 Å². The van der Waals surface area contributed by atoms with Gasteiger partial charge >= 0.3 is 0 Å². The Hall–Kier alpha value is -3.16. The Balaban J connectivity index is 1.45. The van der Waals surface area contributed by atoms with Crippen LogP contribution in [0.1, 0.15) is 30.9 Å². The molecule has 0 radical (unpaired) electrons. The van der Waals surface area contributed by atoms with Gasteiger partial charge in [0.15, 0.2) is 0 Å². The lowest BCUT2D eigenvalue weighted by molar-refractivity contribution is -0.130. The molecule has 0 N–H and O–H groups in total. The number of fused-ring (bicyclic) bond motifs is 1. The molecule has 158 valence electrons. The Kier molecular flexibility index (Phi) is 5.57. The molecule has 1 saturated heterocycles. The van der Waals surface area contributed by atoms with E-state index in [4.69, 9.17) is 9.26 Å². The molecule has 1 aliphatic rings. The summed E-state index contributed by atoms with van der Waals surface area (Å²) in [4.78, 5) is 25.6. The van der Waals surface area contributed by atoms with Gasteiger partial charge in [-0.25, -0.2) is 9.97 Å². The van der Waals surface area contributed by atoms with Gasteiger partial charge in [-0.3, -0.25) is 4.79 Å². The van der Waals surface area contributed by atoms with Crippen molar-refractivity contribution in [3.63, 3.8) is 0 Å². The Morgan fingerprint density at radius 3 is 2.60 bits per heavy atom. The Labute approximate surface area is 175 Å². The number of rotatable bonds is 5. The molecule has 4 rings (SSSR count). The van der Waals surface area contributed by atoms with E-state index in [0.717, 1.165) is 46.7 Å². The fourth-order valence-corrected chi connectivity index (χ4v) is 3.77. The second-order valence-corrected chi connectivity index (χ2v) is 7.89. The fraction of sp³-hybridized carbons (Fsp3) is 0.455. The van der Waals surface area contributed by atoms with E-state index >= 15 is 0 Å². The lowest BCUT2D eigenvalue weighted by atomic mass is 10.1. The molecule has 0 aliphatic carbocycles. The van der Waals surface area contributed by atoms with Crippen LogP contribution in [0.15, 0.2) is 29.0 Å². The first-order chi connectivity index (χ1) is 14.4. The first-order valence-electron chi connectivity index (χ1n) is 10.3. The number of piperazine rings is 1. The summed E-state index contributed by atoms with van der Waals surface area (Å²) in [5, 5.41) is 4.84. The topological polar surface area (TPSA) is 84.6 Å². The van der Waals surface area contributed by atoms with Crippen molar-refractivity contribution < 1.29 is 14.1 Å². The largest absolute Gasteiger partial charge is 0.474 e. The molecular formula is C22H27N5O3. The monoisotopic (exact) mass is 409 g/mol. The number of hydrogen-bond acceptors (Lipinski definition) is 7. The Morgan fingerprint density at radius 1 is 1.17 bits per heavy atom. The molecule has 0 unspecified atom stereocenters. The third-order valence-corrected chi connectivity index (χ3v) is 5.44. The quantitative estimate of drug-likeness (QED) is 0.640. The van der Waals surface area contributed by atoms with E-state index in [2.05, 4.69) is 32.2 Å². The van der Waals surface area contributed by atoms with Crippen molar-refractivity contribution >= 4 is 22.5 Å². The van der Waals surface area contributed by atoms with Gasteiger partial charge < -0.3 is 19.1 Å². The van der Waals surface area contributed by atoms with E-state index < -0.39 is 0 Å². The zero-order chi connectivity index (χ0) is 21.3. The first kappa shape index (κ1) is 20.1. The van der Waals surface area contributed by atoms with Crippen LogP contribution in [0.2, 0.25) is 0 Å². The number of nitrogens with zero attached hydrogens (tertiary/aromatic N) is 5. The molecule has 8 heteroatoms. The summed E-state index contributed by atoms with van der Waals surface area (Å²) in [6.45, 7) is 10.6. The molecule has 0 atom stereocenters. The SMILES string of the molecule is Cc1noc(C)c1CC(=O)N1CCN(c2ccc3ncnc(OC(C)C)c3c2)CC1. The highest BCUT2D eigenvalue weighted by molar-refractivity contribution is 5.87. The molecule has 1 aliphatic heterocycles. The molecule has 0 bridgehead atoms. The van der Waals surface area contributed by atoms with Gasteiger partial charge in [-0.1, -0.05) is 5.16 Å². The third kappa shape index (κ3) is 4.08. The van der Waals surface area contributed by atoms with Gasteiger partial charge in [-0.2, -0.15) is 0 Å². The van der Waals surface area contributed by atoms with E-state index in [1.54, 1.807) is 0 Å². The van der Waals surface area contributed by atoms with Gasteiger partial charge in [-0.15, -0.1) is 0 Å². The number of carbonyl (C=O) groups excluding carboxylic acids is 1. The highest BCUT2D eigenvalue weighted by atomic mass is 16.5. The predicted molar refractivity (Wildman–Crippen MR) is 114 cm³/mol. The van der Waals surface area contributed by atoms with Crippen LogP contribution in [-0.2, 0) is 11.2 Å². The van der Waals surface area contributed by atoms with Crippen LogP contribution in [0.5, 0.6) is 5.88 Å². The zero-order valence-electron chi connectivity index (χ0n) is 17.9. The summed E-state index contributed by atoms with van der Waals surface area (Å²) in [5.41, 5.74) is 3.63. The molecule has 3 heterocycles. The van der Waals surface area contributed by atoms with Gasteiger partial charge in [0.1, 0.15) is 12.1 Å². The van der Waals surface area contributed by atoms with Crippen molar-refractivity contribution in [2.24, 2.45) is 0 Å². The van der Waals surface area contributed by atoms with Crippen molar-refractivity contribution in [3.8, 4) is 5.88 Å². The molecule has 2 aromatic heterocycles. The van der Waals surface area contributed by atoms with Crippen molar-refractivity contribution in [3.05, 3.63) is 41.5 Å². The molecule has 1 fully saturated rings. The van der Waals surface area contributed by atoms with Crippen LogP contribution in [0, 0.1) is 13.8 Å². The smallest absolute Gasteiger partial charge is 0.227 e. The molecule has 1 amide bonds. The Bertz CT molecular complexity index is 1030. The van der Waals surface area contributed by atoms with Gasteiger partial charge in [0.25, 0.3) is 0 Å². The summed E-state index contributed by atoms with van der Waals surface area (Å²) < 4.78 is 11.0. The normalized spacial score (nSPS) is 14.6. The van der Waals surface area contributed by atoms with E-state index in [-0.39, 0.29) is 12.0 Å². The standard InChI is InChI=1S/C22H27N5O3/c1-14(2)29-22-19-11-17(5-6-20(19)23-13-24-22)26-7-9-27(10-8-26)21(28)12-18-15(3)25-30-16(18)4/h5-6,11,13-14H,7-10,12H2,1-4H3. The predicted octanol–water partition coefficient (Wildman–Crippen LogP) is 2.91. The molecule has 8 nitrogen and oxygen atoms in total. The number of aromatic nitrogens is 3. The minimum Gasteiger partial charge on any atom is -0.474 e. The number of benzene rings is 1. The second kappa shape index (κ2) is 8.30. The maximum Gasteiger partial charge on any atom is 0.227 e. The van der Waals surface area contributed by atoms with Crippen LogP contribution in [-0.4, -0.2) is 58.2 Å². The van der Waals surface area contributed by atoms with E-state index in [1.807, 2.05) is 38.7 Å². The highest BCUT2D eigenvalue weighted by Crippen LogP contribution is 2.28. The van der Waals surface area contributed by atoms with Crippen LogP contribution in [0.3, 0.4) is 0 Å². The Morgan fingerprint density at radius 2 is 1.93 bits per heavy atom. The number of amides is 1. The van der Waals surface area contributed by atoms with Crippen molar-refractivity contribution in [2.75, 3.05) is 31.1 Å². The summed E-state index contributed by atoms with van der Waals surface area (Å²) in [5.74, 6) is 1.44. The maximum atomic E-state index is 12.7. The molecule has 0 saturated carbocycles. The number of hydrogen-bond donors (Lipinski definition) is 0. The average Bonchev–Trinajstić information content (AvgIpc) is 3.05. The fourth-order valence-electron chi connectivity index (χ4n) is 3.77. The number of anilines is 1. The third-order valence-electron chi connectivity index (χ3n) is 5.44. The van der Waals surface area contributed by atoms with Crippen LogP contribution < -0.4 is 9.64 Å². The molecule has 3 aromatic rings. The molecular weight excluding hydrogens is 382 g/mol. The maximum absolute atomic E-state index is 12.7. The van der Waals surface area contributed by atoms with Crippen molar-refractivity contribution in [1.82, 2.24) is 20.0 Å². The second-order valence-electron chi connectivity index (χ2n) is 7.89. The number of carbonyl (C=O) groups is 1.